The maximum atomic E-state index is 6.57. The van der Waals surface area contributed by atoms with Gasteiger partial charge in [0, 0.05) is 21.2 Å². The monoisotopic (exact) mass is 601 g/mol. The number of fused-ring (bicyclic) bond motifs is 4. The van der Waals surface area contributed by atoms with Crippen molar-refractivity contribution in [1.29, 1.82) is 0 Å². The molecule has 0 atom stereocenters. The molecule has 0 fully saturated rings. The van der Waals surface area contributed by atoms with E-state index in [2.05, 4.69) is 161 Å². The second-order valence-electron chi connectivity index (χ2n) is 16.8. The summed E-state index contributed by atoms with van der Waals surface area (Å²) in [6, 6.07) is 27.2. The molecule has 44 heavy (non-hydrogen) atoms. The lowest BCUT2D eigenvalue weighted by Crippen LogP contribution is -2.58. The van der Waals surface area contributed by atoms with Gasteiger partial charge in [0.2, 0.25) is 0 Å². The first-order valence-corrected chi connectivity index (χ1v) is 16.9. The van der Waals surface area contributed by atoms with E-state index in [0.717, 1.165) is 11.5 Å². The van der Waals surface area contributed by atoms with Crippen LogP contribution in [0.25, 0.3) is 0 Å². The maximum absolute atomic E-state index is 6.57. The first kappa shape index (κ1) is 30.9. The fraction of sp³-hybridized carbons (Fsp3) is 0.400. The highest BCUT2D eigenvalue weighted by Crippen LogP contribution is 2.57. The van der Waals surface area contributed by atoms with E-state index in [1.54, 1.807) is 0 Å². The van der Waals surface area contributed by atoms with E-state index in [-0.39, 0.29) is 28.5 Å². The minimum Gasteiger partial charge on any atom is -0.458 e. The molecule has 0 unspecified atom stereocenters. The van der Waals surface area contributed by atoms with Gasteiger partial charge in [-0.3, -0.25) is 0 Å². The van der Waals surface area contributed by atoms with Gasteiger partial charge >= 0.3 is 6.85 Å². The van der Waals surface area contributed by atoms with Crippen LogP contribution in [0.3, 0.4) is 0 Å². The lowest BCUT2D eigenvalue weighted by atomic mass is 9.47. The Bertz CT molecular complexity index is 1630. The summed E-state index contributed by atoms with van der Waals surface area (Å²) in [5.41, 5.74) is 10.5. The molecule has 0 aliphatic carbocycles. The average Bonchev–Trinajstić information content (AvgIpc) is 2.91. The van der Waals surface area contributed by atoms with E-state index in [1.165, 1.54) is 54.3 Å². The van der Waals surface area contributed by atoms with E-state index in [9.17, 15) is 0 Å². The molecule has 0 N–H and O–H groups in total. The number of anilines is 2. The van der Waals surface area contributed by atoms with Crippen molar-refractivity contribution in [3.8, 4) is 11.5 Å². The minimum absolute atomic E-state index is 0.0302. The van der Waals surface area contributed by atoms with Gasteiger partial charge in [-0.1, -0.05) is 143 Å². The molecule has 0 spiro atoms. The van der Waals surface area contributed by atoms with Gasteiger partial charge in [0.1, 0.15) is 11.5 Å². The van der Waals surface area contributed by atoms with Crippen LogP contribution in [0.4, 0.5) is 11.4 Å². The summed E-state index contributed by atoms with van der Waals surface area (Å²) < 4.78 is 6.57. The summed E-state index contributed by atoms with van der Waals surface area (Å²) >= 11 is 1.96. The summed E-state index contributed by atoms with van der Waals surface area (Å²) in [6.45, 7) is 28.2. The Kier molecular flexibility index (Phi) is 7.17. The molecule has 4 aromatic carbocycles. The Morgan fingerprint density at radius 3 is 1.27 bits per heavy atom. The van der Waals surface area contributed by atoms with Crippen molar-refractivity contribution in [3.05, 3.63) is 95.1 Å². The molecule has 4 heteroatoms. The topological polar surface area (TPSA) is 12.5 Å². The molecular weight excluding hydrogens is 553 g/mol. The Morgan fingerprint density at radius 2 is 0.909 bits per heavy atom. The highest BCUT2D eigenvalue weighted by atomic mass is 32.2. The largest absolute Gasteiger partial charge is 0.458 e. The first-order valence-electron chi connectivity index (χ1n) is 16.1. The summed E-state index contributed by atoms with van der Waals surface area (Å²) in [7, 11) is 0. The number of hydrogen-bond donors (Lipinski definition) is 0. The average molecular weight is 602 g/mol. The van der Waals surface area contributed by atoms with Gasteiger partial charge in [-0.2, -0.15) is 0 Å². The van der Waals surface area contributed by atoms with Gasteiger partial charge in [-0.05, 0) is 79.1 Å². The van der Waals surface area contributed by atoms with E-state index in [4.69, 9.17) is 4.74 Å². The predicted molar refractivity (Wildman–Crippen MR) is 192 cm³/mol. The van der Waals surface area contributed by atoms with Crippen molar-refractivity contribution in [2.45, 2.75) is 115 Å². The van der Waals surface area contributed by atoms with Crippen molar-refractivity contribution in [2.24, 2.45) is 0 Å². The zero-order valence-electron chi connectivity index (χ0n) is 28.8. The predicted octanol–water partition coefficient (Wildman–Crippen LogP) is 10.4. The SMILES string of the molecule is CC(C)(C)c1cc2c(c(C(C)(C)C)c1)N(B1c3ccccc3Oc3ccccc31)c1c(cc(C(C)(C)C)cc1C(C)(C)C)S2. The molecule has 0 saturated heterocycles. The smallest absolute Gasteiger partial charge is 0.335 e. The third-order valence-electron chi connectivity index (χ3n) is 9.11. The lowest BCUT2D eigenvalue weighted by Gasteiger charge is -2.46. The van der Waals surface area contributed by atoms with Crippen molar-refractivity contribution in [1.82, 2.24) is 0 Å². The zero-order chi connectivity index (χ0) is 32.0. The number of nitrogens with zero attached hydrogens (tertiary/aromatic N) is 1. The summed E-state index contributed by atoms with van der Waals surface area (Å²) in [4.78, 5) is 5.38. The number of hydrogen-bond acceptors (Lipinski definition) is 3. The van der Waals surface area contributed by atoms with Crippen LogP contribution in [0.2, 0.25) is 0 Å². The van der Waals surface area contributed by atoms with E-state index in [1.807, 2.05) is 11.8 Å². The van der Waals surface area contributed by atoms with Crippen LogP contribution < -0.4 is 20.5 Å². The molecular formula is C40H48BNOS. The second kappa shape index (κ2) is 10.2. The van der Waals surface area contributed by atoms with Crippen LogP contribution >= 0.6 is 11.8 Å². The first-order chi connectivity index (χ1) is 20.4. The number of rotatable bonds is 1. The third-order valence-corrected chi connectivity index (χ3v) is 10.2. The number of ether oxygens (including phenoxy) is 1. The van der Waals surface area contributed by atoms with Gasteiger partial charge in [-0.15, -0.1) is 0 Å². The summed E-state index contributed by atoms with van der Waals surface area (Å²) in [6.07, 6.45) is 0. The Balaban J connectivity index is 1.80. The fourth-order valence-corrected chi connectivity index (χ4v) is 7.75. The van der Waals surface area contributed by atoms with Crippen LogP contribution in [-0.4, -0.2) is 6.85 Å². The fourth-order valence-electron chi connectivity index (χ4n) is 6.53. The Morgan fingerprint density at radius 1 is 0.523 bits per heavy atom. The van der Waals surface area contributed by atoms with Crippen molar-refractivity contribution in [3.63, 3.8) is 0 Å². The van der Waals surface area contributed by atoms with Gasteiger partial charge in [-0.25, -0.2) is 0 Å². The van der Waals surface area contributed by atoms with Crippen LogP contribution in [0.15, 0.2) is 82.6 Å². The molecule has 0 aromatic heterocycles. The zero-order valence-corrected chi connectivity index (χ0v) is 29.6. The van der Waals surface area contributed by atoms with Crippen LogP contribution in [0.5, 0.6) is 11.5 Å². The third kappa shape index (κ3) is 5.28. The molecule has 0 amide bonds. The quantitative estimate of drug-likeness (QED) is 0.202. The number of para-hydroxylation sites is 2. The summed E-state index contributed by atoms with van der Waals surface area (Å²) in [5.74, 6) is 1.87. The molecule has 0 bridgehead atoms. The molecule has 4 aromatic rings. The van der Waals surface area contributed by atoms with Crippen LogP contribution in [-0.2, 0) is 21.7 Å². The molecule has 6 rings (SSSR count). The molecule has 2 aliphatic rings. The highest BCUT2D eigenvalue weighted by Gasteiger charge is 2.45. The van der Waals surface area contributed by atoms with Crippen molar-refractivity contribution < 1.29 is 4.74 Å². The highest BCUT2D eigenvalue weighted by molar-refractivity contribution is 7.99. The molecule has 0 saturated carbocycles. The Hall–Kier alpha value is -3.11. The molecule has 2 aliphatic heterocycles. The minimum atomic E-state index is -0.0703. The van der Waals surface area contributed by atoms with E-state index in [0.29, 0.717) is 0 Å². The standard InChI is InChI=1S/C40H48BNOS/c1-37(2,3)25-21-27(39(7,8)9)35-33(23-25)44-34-24-26(38(4,5)6)22-28(40(10,11)12)36(34)42(35)41-29-17-13-15-19-31(29)43-32-20-16-14-18-30(32)41/h13-24H,1-12H3. The molecule has 2 nitrogen and oxygen atoms in total. The summed E-state index contributed by atoms with van der Waals surface area (Å²) in [5, 5.41) is 0. The normalized spacial score (nSPS) is 14.8. The van der Waals surface area contributed by atoms with E-state index >= 15 is 0 Å². The lowest BCUT2D eigenvalue weighted by molar-refractivity contribution is 0.487. The van der Waals surface area contributed by atoms with Crippen LogP contribution in [0, 0.1) is 0 Å². The van der Waals surface area contributed by atoms with E-state index < -0.39 is 0 Å². The van der Waals surface area contributed by atoms with Gasteiger partial charge in [0.25, 0.3) is 0 Å². The van der Waals surface area contributed by atoms with Gasteiger partial charge < -0.3 is 9.55 Å². The molecule has 228 valence electrons. The van der Waals surface area contributed by atoms with Crippen molar-refractivity contribution >= 4 is 40.9 Å². The molecule has 0 radical (unpaired) electrons. The van der Waals surface area contributed by atoms with Crippen LogP contribution in [0.1, 0.15) is 105 Å². The van der Waals surface area contributed by atoms with Crippen molar-refractivity contribution in [2.75, 3.05) is 4.81 Å². The van der Waals surface area contributed by atoms with Gasteiger partial charge in [0.15, 0.2) is 0 Å². The number of benzene rings is 4. The Labute approximate surface area is 270 Å². The second-order valence-corrected chi connectivity index (χ2v) is 17.9. The molecule has 2 heterocycles. The van der Waals surface area contributed by atoms with Gasteiger partial charge in [0.05, 0.1) is 0 Å². The maximum Gasteiger partial charge on any atom is 0.335 e.